The van der Waals surface area contributed by atoms with Crippen molar-refractivity contribution in [2.45, 2.75) is 32.5 Å². The van der Waals surface area contributed by atoms with Gasteiger partial charge in [0.1, 0.15) is 0 Å². The average molecular weight is 307 g/mol. The van der Waals surface area contributed by atoms with Crippen LogP contribution in [0, 0.1) is 20.8 Å². The highest BCUT2D eigenvalue weighted by atomic mass is 32.2. The smallest absolute Gasteiger partial charge is 0.287 e. The number of aryl methyl sites for hydroxylation is 3. The number of nitrogens with two attached hydrogens (primary N) is 1. The minimum Gasteiger partial charge on any atom is -0.289 e. The molecule has 2 aromatic heterocycles. The number of carbonyl (C=O) groups excluding carboxylic acids is 1. The molecule has 0 aliphatic carbocycles. The van der Waals surface area contributed by atoms with Gasteiger partial charge in [0, 0.05) is 17.1 Å². The summed E-state index contributed by atoms with van der Waals surface area (Å²) in [7, 11) is 0. The van der Waals surface area contributed by atoms with Crippen LogP contribution in [-0.4, -0.2) is 36.6 Å². The fourth-order valence-corrected chi connectivity index (χ4v) is 2.49. The van der Waals surface area contributed by atoms with Crippen molar-refractivity contribution in [3.63, 3.8) is 0 Å². The van der Waals surface area contributed by atoms with Crippen molar-refractivity contribution >= 4 is 17.7 Å². The molecule has 2 rings (SSSR count). The fourth-order valence-electron chi connectivity index (χ4n) is 1.62. The highest BCUT2D eigenvalue weighted by molar-refractivity contribution is 7.99. The molecule has 112 valence electrons. The molecule has 0 atom stereocenters. The van der Waals surface area contributed by atoms with Crippen LogP contribution in [0.3, 0.4) is 0 Å². The normalized spacial score (nSPS) is 10.7. The number of amides is 1. The van der Waals surface area contributed by atoms with Crippen molar-refractivity contribution in [3.05, 3.63) is 28.8 Å². The maximum Gasteiger partial charge on any atom is 0.287 e. The van der Waals surface area contributed by atoms with Crippen LogP contribution in [0.15, 0.2) is 11.4 Å². The van der Waals surface area contributed by atoms with Gasteiger partial charge < -0.3 is 0 Å². The summed E-state index contributed by atoms with van der Waals surface area (Å²) in [5.41, 5.74) is 5.31. The third-order valence-electron chi connectivity index (χ3n) is 3.07. The Balaban J connectivity index is 1.92. The second-order valence-electron chi connectivity index (χ2n) is 4.49. The largest absolute Gasteiger partial charge is 0.289 e. The number of rotatable bonds is 5. The van der Waals surface area contributed by atoms with E-state index in [0.717, 1.165) is 27.9 Å². The van der Waals surface area contributed by atoms with E-state index in [9.17, 15) is 4.79 Å². The van der Waals surface area contributed by atoms with Gasteiger partial charge >= 0.3 is 0 Å². The second-order valence-corrected chi connectivity index (χ2v) is 5.55. The molecule has 8 nitrogen and oxygen atoms in total. The zero-order chi connectivity index (χ0) is 15.4. The van der Waals surface area contributed by atoms with E-state index in [2.05, 4.69) is 20.3 Å². The first kappa shape index (κ1) is 15.4. The van der Waals surface area contributed by atoms with Crippen LogP contribution < -0.4 is 11.3 Å². The van der Waals surface area contributed by atoms with Gasteiger partial charge in [0.05, 0.1) is 12.7 Å². The van der Waals surface area contributed by atoms with E-state index in [0.29, 0.717) is 6.54 Å². The molecular formula is C12H17N7OS. The van der Waals surface area contributed by atoms with Crippen LogP contribution in [0.1, 0.15) is 27.4 Å². The number of nitrogen functional groups attached to an aromatic ring is 1. The van der Waals surface area contributed by atoms with Crippen LogP contribution in [0.5, 0.6) is 0 Å². The Morgan fingerprint density at radius 2 is 2.00 bits per heavy atom. The lowest BCUT2D eigenvalue weighted by Crippen LogP contribution is -2.30. The van der Waals surface area contributed by atoms with Crippen LogP contribution in [0.2, 0.25) is 0 Å². The quantitative estimate of drug-likeness (QED) is 0.270. The number of thioether (sulfide) groups is 1. The monoisotopic (exact) mass is 307 g/mol. The van der Waals surface area contributed by atoms with Gasteiger partial charge in [-0.25, -0.2) is 15.8 Å². The van der Waals surface area contributed by atoms with Gasteiger partial charge in [-0.1, -0.05) is 17.0 Å². The molecule has 3 N–H and O–H groups in total. The third-order valence-corrected chi connectivity index (χ3v) is 3.89. The molecule has 0 fully saturated rings. The second kappa shape index (κ2) is 6.64. The van der Waals surface area contributed by atoms with Gasteiger partial charge in [-0.2, -0.15) is 0 Å². The number of hydrogen-bond acceptors (Lipinski definition) is 7. The van der Waals surface area contributed by atoms with Crippen LogP contribution >= 0.6 is 11.8 Å². The van der Waals surface area contributed by atoms with Crippen molar-refractivity contribution in [1.29, 1.82) is 0 Å². The van der Waals surface area contributed by atoms with E-state index in [1.807, 2.05) is 26.2 Å². The Labute approximate surface area is 126 Å². The Bertz CT molecular complexity index is 632. The van der Waals surface area contributed by atoms with E-state index in [4.69, 9.17) is 5.84 Å². The Hall–Kier alpha value is -2.00. The summed E-state index contributed by atoms with van der Waals surface area (Å²) in [5.74, 6) is 5.31. The zero-order valence-corrected chi connectivity index (χ0v) is 12.9. The molecular weight excluding hydrogens is 290 g/mol. The van der Waals surface area contributed by atoms with Crippen LogP contribution in [-0.2, 0) is 6.54 Å². The van der Waals surface area contributed by atoms with Crippen molar-refractivity contribution in [3.8, 4) is 0 Å². The molecule has 1 amide bonds. The number of hydrogen-bond donors (Lipinski definition) is 2. The number of carbonyl (C=O) groups is 1. The molecule has 0 bridgehead atoms. The lowest BCUT2D eigenvalue weighted by atomic mass is 10.2. The third kappa shape index (κ3) is 3.76. The number of aromatic nitrogens is 5. The fraction of sp³-hybridized carbons (Fsp3) is 0.417. The highest BCUT2D eigenvalue weighted by Gasteiger charge is 2.09. The summed E-state index contributed by atoms with van der Waals surface area (Å²) < 4.78 is 1.59. The summed E-state index contributed by atoms with van der Waals surface area (Å²) in [6.07, 6.45) is 1.55. The highest BCUT2D eigenvalue weighted by Crippen LogP contribution is 2.17. The number of nitrogens with zero attached hydrogens (tertiary/aromatic N) is 5. The first-order valence-electron chi connectivity index (χ1n) is 6.37. The van der Waals surface area contributed by atoms with Gasteiger partial charge in [0.25, 0.3) is 5.91 Å². The molecule has 0 unspecified atom stereocenters. The summed E-state index contributed by atoms with van der Waals surface area (Å²) in [6.45, 7) is 6.57. The molecule has 21 heavy (non-hydrogen) atoms. The Morgan fingerprint density at radius 1 is 1.33 bits per heavy atom. The molecule has 9 heteroatoms. The minimum atomic E-state index is -0.456. The summed E-state index contributed by atoms with van der Waals surface area (Å²) in [6, 6.07) is 0. The molecule has 0 spiro atoms. The lowest BCUT2D eigenvalue weighted by molar-refractivity contribution is 0.0948. The Kier molecular flexibility index (Phi) is 4.86. The van der Waals surface area contributed by atoms with E-state index in [1.54, 1.807) is 10.9 Å². The van der Waals surface area contributed by atoms with Crippen LogP contribution in [0.25, 0.3) is 0 Å². The summed E-state index contributed by atoms with van der Waals surface area (Å²) in [5, 5.41) is 8.34. The SMILES string of the molecule is Cc1nc(SCCn2cc(C(=O)NN)nn2)nc(C)c1C. The molecule has 0 saturated heterocycles. The predicted molar refractivity (Wildman–Crippen MR) is 78.6 cm³/mol. The predicted octanol–water partition coefficient (Wildman–Crippen LogP) is 0.389. The van der Waals surface area contributed by atoms with E-state index >= 15 is 0 Å². The lowest BCUT2D eigenvalue weighted by Gasteiger charge is -2.06. The molecule has 0 aliphatic heterocycles. The number of nitrogens with one attached hydrogen (secondary N) is 1. The maximum atomic E-state index is 11.3. The van der Waals surface area contributed by atoms with Crippen molar-refractivity contribution < 1.29 is 4.79 Å². The Morgan fingerprint density at radius 3 is 2.62 bits per heavy atom. The van der Waals surface area contributed by atoms with Gasteiger partial charge in [0.2, 0.25) is 0 Å². The van der Waals surface area contributed by atoms with Crippen molar-refractivity contribution in [1.82, 2.24) is 30.4 Å². The average Bonchev–Trinajstić information content (AvgIpc) is 2.92. The first-order chi connectivity index (χ1) is 10.0. The van der Waals surface area contributed by atoms with E-state index in [1.165, 1.54) is 11.8 Å². The summed E-state index contributed by atoms with van der Waals surface area (Å²) >= 11 is 1.54. The first-order valence-corrected chi connectivity index (χ1v) is 7.35. The van der Waals surface area contributed by atoms with Crippen LogP contribution in [0.4, 0.5) is 0 Å². The molecule has 0 aromatic carbocycles. The van der Waals surface area contributed by atoms with Gasteiger partial charge in [-0.05, 0) is 26.3 Å². The molecule has 0 aliphatic rings. The van der Waals surface area contributed by atoms with E-state index < -0.39 is 5.91 Å². The molecule has 0 radical (unpaired) electrons. The summed E-state index contributed by atoms with van der Waals surface area (Å²) in [4.78, 5) is 20.1. The van der Waals surface area contributed by atoms with Gasteiger partial charge in [-0.3, -0.25) is 14.9 Å². The standard InChI is InChI=1S/C12H17N7OS/c1-7-8(2)14-12(15-9(7)3)21-5-4-19-6-10(17-18-19)11(20)16-13/h6H,4-5,13H2,1-3H3,(H,16,20). The molecule has 0 saturated carbocycles. The van der Waals surface area contributed by atoms with Gasteiger partial charge in [-0.15, -0.1) is 5.10 Å². The van der Waals surface area contributed by atoms with Crippen molar-refractivity contribution in [2.24, 2.45) is 5.84 Å². The minimum absolute atomic E-state index is 0.195. The van der Waals surface area contributed by atoms with Gasteiger partial charge in [0.15, 0.2) is 10.9 Å². The molecule has 2 aromatic rings. The molecule has 2 heterocycles. The van der Waals surface area contributed by atoms with Crippen molar-refractivity contribution in [2.75, 3.05) is 5.75 Å². The zero-order valence-electron chi connectivity index (χ0n) is 12.1. The number of hydrazine groups is 1. The maximum absolute atomic E-state index is 11.3. The van der Waals surface area contributed by atoms with E-state index in [-0.39, 0.29) is 5.69 Å². The topological polar surface area (TPSA) is 112 Å².